The van der Waals surface area contributed by atoms with Gasteiger partial charge in [0.05, 0.1) is 17.1 Å². The van der Waals surface area contributed by atoms with E-state index in [-0.39, 0.29) is 5.91 Å². The van der Waals surface area contributed by atoms with Crippen LogP contribution < -0.4 is 4.90 Å². The number of para-hydroxylation sites is 2. The Labute approximate surface area is 162 Å². The number of carbonyl (C=O) groups is 1. The van der Waals surface area contributed by atoms with Crippen LogP contribution in [-0.2, 0) is 4.79 Å². The van der Waals surface area contributed by atoms with Gasteiger partial charge in [-0.25, -0.2) is 0 Å². The molecule has 1 aliphatic rings. The van der Waals surface area contributed by atoms with Gasteiger partial charge in [-0.3, -0.25) is 9.69 Å². The van der Waals surface area contributed by atoms with Crippen LogP contribution in [0.4, 0.5) is 11.4 Å². The second-order valence-electron chi connectivity index (χ2n) is 5.09. The zero-order valence-corrected chi connectivity index (χ0v) is 16.5. The number of rotatable bonds is 4. The lowest BCUT2D eigenvalue weighted by Gasteiger charge is -2.30. The van der Waals surface area contributed by atoms with Crippen molar-refractivity contribution >= 4 is 63.9 Å². The van der Waals surface area contributed by atoms with Crippen molar-refractivity contribution in [1.29, 1.82) is 0 Å². The number of fused-ring (bicyclic) bond motifs is 2. The van der Waals surface area contributed by atoms with Crippen molar-refractivity contribution in [1.82, 2.24) is 10.2 Å². The fourth-order valence-electron chi connectivity index (χ4n) is 2.50. The van der Waals surface area contributed by atoms with E-state index in [4.69, 9.17) is 0 Å². The van der Waals surface area contributed by atoms with Gasteiger partial charge >= 0.3 is 0 Å². The SMILES string of the molecule is CSc1nnc(SCC(=O)N2c3ccccc3Sc3ccccc32)s1. The van der Waals surface area contributed by atoms with E-state index in [1.807, 2.05) is 47.6 Å². The number of benzene rings is 2. The van der Waals surface area contributed by atoms with Gasteiger partial charge in [-0.1, -0.05) is 70.9 Å². The zero-order chi connectivity index (χ0) is 17.2. The lowest BCUT2D eigenvalue weighted by molar-refractivity contribution is -0.115. The molecule has 1 aliphatic heterocycles. The molecular weight excluding hydrogens is 390 g/mol. The predicted octanol–water partition coefficient (Wildman–Crippen LogP) is 5.18. The normalized spacial score (nSPS) is 12.6. The maximum atomic E-state index is 13.0. The summed E-state index contributed by atoms with van der Waals surface area (Å²) in [5.74, 6) is 0.377. The summed E-state index contributed by atoms with van der Waals surface area (Å²) < 4.78 is 1.74. The van der Waals surface area contributed by atoms with E-state index in [0.717, 1.165) is 29.8 Å². The van der Waals surface area contributed by atoms with Crippen LogP contribution in [0.15, 0.2) is 67.0 Å². The molecule has 4 nitrogen and oxygen atoms in total. The van der Waals surface area contributed by atoms with Crippen LogP contribution in [0.25, 0.3) is 0 Å². The standard InChI is InChI=1S/C17H13N3OS4/c1-22-16-18-19-17(25-16)23-10-15(21)20-11-6-2-4-8-13(11)24-14-9-5-3-7-12(14)20/h2-9H,10H2,1H3. The van der Waals surface area contributed by atoms with E-state index < -0.39 is 0 Å². The minimum absolute atomic E-state index is 0.0473. The maximum Gasteiger partial charge on any atom is 0.242 e. The lowest BCUT2D eigenvalue weighted by atomic mass is 10.2. The smallest absolute Gasteiger partial charge is 0.242 e. The first-order chi connectivity index (χ1) is 12.3. The summed E-state index contributed by atoms with van der Waals surface area (Å²) in [4.78, 5) is 17.0. The van der Waals surface area contributed by atoms with Gasteiger partial charge in [-0.05, 0) is 30.5 Å². The van der Waals surface area contributed by atoms with Crippen molar-refractivity contribution in [3.05, 3.63) is 48.5 Å². The second kappa shape index (κ2) is 7.41. The molecule has 0 spiro atoms. The Hall–Kier alpha value is -1.48. The quantitative estimate of drug-likeness (QED) is 0.559. The molecule has 0 bridgehead atoms. The molecule has 126 valence electrons. The van der Waals surface area contributed by atoms with Gasteiger partial charge in [-0.2, -0.15) is 0 Å². The molecule has 2 heterocycles. The van der Waals surface area contributed by atoms with Gasteiger partial charge in [0.25, 0.3) is 0 Å². The number of amides is 1. The fourth-order valence-corrected chi connectivity index (χ4v) is 5.84. The van der Waals surface area contributed by atoms with Crippen molar-refractivity contribution in [2.45, 2.75) is 18.5 Å². The molecule has 1 amide bonds. The van der Waals surface area contributed by atoms with Crippen LogP contribution >= 0.6 is 46.6 Å². The molecule has 0 aliphatic carbocycles. The molecule has 2 aromatic carbocycles. The van der Waals surface area contributed by atoms with Crippen LogP contribution in [0.1, 0.15) is 0 Å². The number of carbonyl (C=O) groups excluding carboxylic acids is 1. The third kappa shape index (κ3) is 3.44. The molecule has 0 saturated carbocycles. The Bertz CT molecular complexity index is 882. The number of hydrogen-bond donors (Lipinski definition) is 0. The molecule has 3 aromatic rings. The van der Waals surface area contributed by atoms with E-state index in [2.05, 4.69) is 22.3 Å². The number of anilines is 2. The summed E-state index contributed by atoms with van der Waals surface area (Å²) in [6, 6.07) is 16.0. The first-order valence-corrected chi connectivity index (χ1v) is 11.3. The topological polar surface area (TPSA) is 46.1 Å². The van der Waals surface area contributed by atoms with Gasteiger partial charge in [0.2, 0.25) is 5.91 Å². The third-order valence-electron chi connectivity index (χ3n) is 3.56. The lowest BCUT2D eigenvalue weighted by Crippen LogP contribution is -2.29. The zero-order valence-electron chi connectivity index (χ0n) is 13.2. The third-order valence-corrected chi connectivity index (χ3v) is 7.71. The van der Waals surface area contributed by atoms with Crippen molar-refractivity contribution in [2.24, 2.45) is 0 Å². The summed E-state index contributed by atoms with van der Waals surface area (Å²) in [7, 11) is 0. The molecule has 0 fully saturated rings. The van der Waals surface area contributed by atoms with Crippen LogP contribution in [0.2, 0.25) is 0 Å². The van der Waals surface area contributed by atoms with Crippen LogP contribution in [0.5, 0.6) is 0 Å². The summed E-state index contributed by atoms with van der Waals surface area (Å²) in [6.07, 6.45) is 1.97. The number of nitrogens with zero attached hydrogens (tertiary/aromatic N) is 3. The van der Waals surface area contributed by atoms with Crippen molar-refractivity contribution in [3.8, 4) is 0 Å². The molecule has 0 atom stereocenters. The highest BCUT2D eigenvalue weighted by Gasteiger charge is 2.27. The van der Waals surface area contributed by atoms with E-state index in [0.29, 0.717) is 5.75 Å². The van der Waals surface area contributed by atoms with Crippen LogP contribution in [0.3, 0.4) is 0 Å². The molecule has 0 unspecified atom stereocenters. The average Bonchev–Trinajstić information content (AvgIpc) is 3.12. The van der Waals surface area contributed by atoms with Crippen molar-refractivity contribution in [3.63, 3.8) is 0 Å². The van der Waals surface area contributed by atoms with Crippen LogP contribution in [-0.4, -0.2) is 28.1 Å². The minimum atomic E-state index is 0.0473. The summed E-state index contributed by atoms with van der Waals surface area (Å²) in [6.45, 7) is 0. The Kier molecular flexibility index (Phi) is 5.03. The number of hydrogen-bond acceptors (Lipinski definition) is 7. The Morgan fingerprint density at radius 2 is 1.60 bits per heavy atom. The van der Waals surface area contributed by atoms with Gasteiger partial charge < -0.3 is 0 Å². The van der Waals surface area contributed by atoms with Gasteiger partial charge in [0.15, 0.2) is 8.68 Å². The fraction of sp³-hybridized carbons (Fsp3) is 0.118. The Morgan fingerprint density at radius 3 is 2.20 bits per heavy atom. The largest absolute Gasteiger partial charge is 0.278 e. The predicted molar refractivity (Wildman–Crippen MR) is 107 cm³/mol. The van der Waals surface area contributed by atoms with E-state index in [9.17, 15) is 4.79 Å². The molecular formula is C17H13N3OS4. The maximum absolute atomic E-state index is 13.0. The first-order valence-electron chi connectivity index (χ1n) is 7.45. The van der Waals surface area contributed by atoms with E-state index >= 15 is 0 Å². The average molecular weight is 404 g/mol. The van der Waals surface area contributed by atoms with E-state index in [1.165, 1.54) is 23.1 Å². The highest BCUT2D eigenvalue weighted by Crippen LogP contribution is 2.48. The van der Waals surface area contributed by atoms with Crippen molar-refractivity contribution < 1.29 is 4.79 Å². The monoisotopic (exact) mass is 403 g/mol. The molecule has 4 rings (SSSR count). The molecule has 0 N–H and O–H groups in total. The second-order valence-corrected chi connectivity index (χ2v) is 9.43. The Balaban J connectivity index is 1.61. The van der Waals surface area contributed by atoms with Crippen molar-refractivity contribution in [2.75, 3.05) is 16.9 Å². The molecule has 1 aromatic heterocycles. The number of thioether (sulfide) groups is 2. The van der Waals surface area contributed by atoms with Gasteiger partial charge in [0.1, 0.15) is 0 Å². The summed E-state index contributed by atoms with van der Waals surface area (Å²) in [5.41, 5.74) is 1.89. The number of aromatic nitrogens is 2. The molecule has 8 heteroatoms. The molecule has 0 saturated heterocycles. The highest BCUT2D eigenvalue weighted by molar-refractivity contribution is 8.03. The minimum Gasteiger partial charge on any atom is -0.278 e. The summed E-state index contributed by atoms with van der Waals surface area (Å²) >= 11 is 6.23. The molecule has 25 heavy (non-hydrogen) atoms. The van der Waals surface area contributed by atoms with Gasteiger partial charge in [-0.15, -0.1) is 10.2 Å². The van der Waals surface area contributed by atoms with E-state index in [1.54, 1.807) is 23.5 Å². The summed E-state index contributed by atoms with van der Waals surface area (Å²) in [5, 5.41) is 8.21. The first kappa shape index (κ1) is 17.0. The Morgan fingerprint density at radius 1 is 1.00 bits per heavy atom. The highest BCUT2D eigenvalue weighted by atomic mass is 32.2. The molecule has 0 radical (unpaired) electrons. The van der Waals surface area contributed by atoms with Crippen LogP contribution in [0, 0.1) is 0 Å². The van der Waals surface area contributed by atoms with Gasteiger partial charge in [0, 0.05) is 9.79 Å².